The van der Waals surface area contributed by atoms with Gasteiger partial charge in [-0.2, -0.15) is 0 Å². The van der Waals surface area contributed by atoms with Gasteiger partial charge in [0.2, 0.25) is 0 Å². The number of carbonyl (C=O) groups is 2. The Balaban J connectivity index is 2.02. The first-order chi connectivity index (χ1) is 15.7. The van der Waals surface area contributed by atoms with Gasteiger partial charge >= 0.3 is 0 Å². The fourth-order valence-corrected chi connectivity index (χ4v) is 4.23. The molecule has 3 aromatic rings. The average molecular weight is 464 g/mol. The van der Waals surface area contributed by atoms with Crippen LogP contribution in [0.15, 0.2) is 66.2 Å². The summed E-state index contributed by atoms with van der Waals surface area (Å²) in [6, 6.07) is 15.8. The summed E-state index contributed by atoms with van der Waals surface area (Å²) in [7, 11) is 1.47. The normalized spacial score (nSPS) is 17.5. The number of Topliss-reactive ketones (excluding diaryl/α,β-unsaturated/α-hetero) is 1. The number of phenolic OH excluding ortho intramolecular Hbond substituents is 1. The molecule has 33 heavy (non-hydrogen) atoms. The van der Waals surface area contributed by atoms with Gasteiger partial charge in [0.05, 0.1) is 29.4 Å². The predicted octanol–water partition coefficient (Wildman–Crippen LogP) is 5.30. The van der Waals surface area contributed by atoms with E-state index < -0.39 is 23.5 Å². The SMILES string of the molecule is COc1ccc(Cl)c(/C(O)=C2\C(=O)C(=O)N(c3cc(C)ccc3O)C2c2cccc(C)c2)c1. The first-order valence-electron chi connectivity index (χ1n) is 10.2. The second-order valence-corrected chi connectivity index (χ2v) is 8.33. The number of rotatable bonds is 4. The standard InChI is InChI=1S/C26H22ClNO5/c1-14-5-4-6-16(11-14)23-22(24(30)18-13-17(33-3)8-9-19(18)27)25(31)26(32)28(23)20-12-15(2)7-10-21(20)29/h4-13,23,29-30H,1-3H3/b24-22+. The van der Waals surface area contributed by atoms with Crippen LogP contribution in [0.1, 0.15) is 28.3 Å². The number of ketones is 1. The number of nitrogens with zero attached hydrogens (tertiary/aromatic N) is 1. The number of aliphatic hydroxyl groups is 1. The van der Waals surface area contributed by atoms with Crippen molar-refractivity contribution in [2.75, 3.05) is 12.0 Å². The van der Waals surface area contributed by atoms with Gasteiger partial charge < -0.3 is 14.9 Å². The van der Waals surface area contributed by atoms with Gasteiger partial charge in [0, 0.05) is 5.56 Å². The predicted molar refractivity (Wildman–Crippen MR) is 127 cm³/mol. The number of hydrogen-bond donors (Lipinski definition) is 2. The molecule has 0 radical (unpaired) electrons. The number of methoxy groups -OCH3 is 1. The molecule has 6 nitrogen and oxygen atoms in total. The third-order valence-electron chi connectivity index (χ3n) is 5.62. The highest BCUT2D eigenvalue weighted by Crippen LogP contribution is 2.45. The molecule has 0 aromatic heterocycles. The number of ether oxygens (including phenoxy) is 1. The minimum atomic E-state index is -0.972. The van der Waals surface area contributed by atoms with Crippen LogP contribution >= 0.6 is 11.6 Å². The molecule has 1 amide bonds. The Morgan fingerprint density at radius 3 is 2.42 bits per heavy atom. The largest absolute Gasteiger partial charge is 0.507 e. The van der Waals surface area contributed by atoms with Crippen molar-refractivity contribution in [2.24, 2.45) is 0 Å². The molecule has 1 saturated heterocycles. The van der Waals surface area contributed by atoms with Crippen molar-refractivity contribution in [3.8, 4) is 11.5 Å². The molecule has 1 unspecified atom stereocenters. The van der Waals surface area contributed by atoms with E-state index in [2.05, 4.69) is 0 Å². The zero-order chi connectivity index (χ0) is 23.9. The summed E-state index contributed by atoms with van der Waals surface area (Å²) in [5, 5.41) is 22.0. The summed E-state index contributed by atoms with van der Waals surface area (Å²) in [5.41, 5.74) is 2.53. The molecule has 1 heterocycles. The lowest BCUT2D eigenvalue weighted by Crippen LogP contribution is -2.29. The molecular formula is C26H22ClNO5. The van der Waals surface area contributed by atoms with Crippen LogP contribution in [0, 0.1) is 13.8 Å². The summed E-state index contributed by atoms with van der Waals surface area (Å²) < 4.78 is 5.23. The van der Waals surface area contributed by atoms with Gasteiger partial charge in [0.15, 0.2) is 0 Å². The second-order valence-electron chi connectivity index (χ2n) is 7.92. The summed E-state index contributed by atoms with van der Waals surface area (Å²) >= 11 is 6.33. The van der Waals surface area contributed by atoms with E-state index in [1.54, 1.807) is 36.4 Å². The van der Waals surface area contributed by atoms with E-state index in [-0.39, 0.29) is 27.6 Å². The Bertz CT molecular complexity index is 1310. The number of aliphatic hydroxyl groups excluding tert-OH is 1. The molecule has 168 valence electrons. The Morgan fingerprint density at radius 1 is 1.00 bits per heavy atom. The second kappa shape index (κ2) is 8.64. The van der Waals surface area contributed by atoms with Crippen LogP contribution < -0.4 is 9.64 Å². The molecule has 0 saturated carbocycles. The molecule has 1 aliphatic rings. The Hall–Kier alpha value is -3.77. The number of phenols is 1. The lowest BCUT2D eigenvalue weighted by atomic mass is 9.94. The molecule has 3 aromatic carbocycles. The lowest BCUT2D eigenvalue weighted by Gasteiger charge is -2.26. The van der Waals surface area contributed by atoms with Crippen LogP contribution in [-0.4, -0.2) is 29.0 Å². The molecular weight excluding hydrogens is 442 g/mol. The molecule has 0 bridgehead atoms. The number of halogens is 1. The highest BCUT2D eigenvalue weighted by Gasteiger charge is 2.48. The zero-order valence-electron chi connectivity index (χ0n) is 18.3. The van der Waals surface area contributed by atoms with Crippen molar-refractivity contribution in [3.63, 3.8) is 0 Å². The van der Waals surface area contributed by atoms with Crippen molar-refractivity contribution in [1.29, 1.82) is 0 Å². The maximum atomic E-state index is 13.3. The average Bonchev–Trinajstić information content (AvgIpc) is 3.06. The number of aryl methyl sites for hydroxylation is 2. The highest BCUT2D eigenvalue weighted by molar-refractivity contribution is 6.52. The number of amides is 1. The van der Waals surface area contributed by atoms with Crippen molar-refractivity contribution < 1.29 is 24.5 Å². The van der Waals surface area contributed by atoms with Crippen molar-refractivity contribution in [2.45, 2.75) is 19.9 Å². The quantitative estimate of drug-likeness (QED) is 0.311. The van der Waals surface area contributed by atoms with Crippen molar-refractivity contribution in [3.05, 3.63) is 93.5 Å². The summed E-state index contributed by atoms with van der Waals surface area (Å²) in [6.45, 7) is 3.70. The van der Waals surface area contributed by atoms with E-state index in [9.17, 15) is 19.8 Å². The number of anilines is 1. The van der Waals surface area contributed by atoms with Crippen LogP contribution in [0.25, 0.3) is 5.76 Å². The molecule has 2 N–H and O–H groups in total. The molecule has 4 rings (SSSR count). The van der Waals surface area contributed by atoms with Gasteiger partial charge in [-0.15, -0.1) is 0 Å². The van der Waals surface area contributed by atoms with Crippen molar-refractivity contribution >= 4 is 34.7 Å². The van der Waals surface area contributed by atoms with E-state index in [4.69, 9.17) is 16.3 Å². The number of benzene rings is 3. The molecule has 1 atom stereocenters. The number of hydrogen-bond acceptors (Lipinski definition) is 5. The van der Waals surface area contributed by atoms with Crippen molar-refractivity contribution in [1.82, 2.24) is 0 Å². The van der Waals surface area contributed by atoms with E-state index in [0.29, 0.717) is 11.3 Å². The van der Waals surface area contributed by atoms with Crippen LogP contribution in [0.2, 0.25) is 5.02 Å². The lowest BCUT2D eigenvalue weighted by molar-refractivity contribution is -0.132. The summed E-state index contributed by atoms with van der Waals surface area (Å²) in [6.07, 6.45) is 0. The topological polar surface area (TPSA) is 87.1 Å². The Kier molecular flexibility index (Phi) is 5.87. The molecule has 0 spiro atoms. The van der Waals surface area contributed by atoms with Crippen LogP contribution in [0.3, 0.4) is 0 Å². The third kappa shape index (κ3) is 3.94. The number of carbonyl (C=O) groups excluding carboxylic acids is 2. The molecule has 0 aliphatic carbocycles. The van der Waals surface area contributed by atoms with Gasteiger partial charge in [-0.1, -0.05) is 47.5 Å². The maximum absolute atomic E-state index is 13.3. The van der Waals surface area contributed by atoms with E-state index in [1.165, 1.54) is 24.1 Å². The van der Waals surface area contributed by atoms with Crippen LogP contribution in [0.4, 0.5) is 5.69 Å². The Labute approximate surface area is 196 Å². The van der Waals surface area contributed by atoms with Gasteiger partial charge in [-0.05, 0) is 55.3 Å². The zero-order valence-corrected chi connectivity index (χ0v) is 19.1. The maximum Gasteiger partial charge on any atom is 0.300 e. The van der Waals surface area contributed by atoms with Crippen LogP contribution in [0.5, 0.6) is 11.5 Å². The highest BCUT2D eigenvalue weighted by atomic mass is 35.5. The monoisotopic (exact) mass is 463 g/mol. The minimum Gasteiger partial charge on any atom is -0.507 e. The molecule has 1 fully saturated rings. The first kappa shape index (κ1) is 22.4. The van der Waals surface area contributed by atoms with Crippen LogP contribution in [-0.2, 0) is 9.59 Å². The van der Waals surface area contributed by atoms with E-state index in [1.807, 2.05) is 26.0 Å². The number of aromatic hydroxyl groups is 1. The first-order valence-corrected chi connectivity index (χ1v) is 10.6. The van der Waals surface area contributed by atoms with Gasteiger partial charge in [-0.3, -0.25) is 14.5 Å². The van der Waals surface area contributed by atoms with Gasteiger partial charge in [-0.25, -0.2) is 0 Å². The van der Waals surface area contributed by atoms with Gasteiger partial charge in [0.1, 0.15) is 17.3 Å². The molecule has 7 heteroatoms. The Morgan fingerprint density at radius 2 is 1.73 bits per heavy atom. The smallest absolute Gasteiger partial charge is 0.300 e. The minimum absolute atomic E-state index is 0.123. The fraction of sp³-hybridized carbons (Fsp3) is 0.154. The summed E-state index contributed by atoms with van der Waals surface area (Å²) in [5.74, 6) is -1.88. The third-order valence-corrected chi connectivity index (χ3v) is 5.95. The van der Waals surface area contributed by atoms with Gasteiger partial charge in [0.25, 0.3) is 11.7 Å². The van der Waals surface area contributed by atoms with E-state index in [0.717, 1.165) is 11.1 Å². The molecule has 1 aliphatic heterocycles. The van der Waals surface area contributed by atoms with E-state index >= 15 is 0 Å². The summed E-state index contributed by atoms with van der Waals surface area (Å²) in [4.78, 5) is 27.7. The fourth-order valence-electron chi connectivity index (χ4n) is 4.02.